The number of β-amino-alcohol motifs (C(OH)–C–C–N with tert-alkyl or cyclic N) is 1. The van der Waals surface area contributed by atoms with Crippen molar-refractivity contribution < 1.29 is 5.11 Å². The second-order valence-corrected chi connectivity index (χ2v) is 4.15. The van der Waals surface area contributed by atoms with Gasteiger partial charge in [0.1, 0.15) is 6.33 Å². The second-order valence-electron chi connectivity index (χ2n) is 4.15. The highest BCUT2D eigenvalue weighted by atomic mass is 16.3. The lowest BCUT2D eigenvalue weighted by Gasteiger charge is -2.15. The Labute approximate surface area is 103 Å². The van der Waals surface area contributed by atoms with Gasteiger partial charge >= 0.3 is 0 Å². The van der Waals surface area contributed by atoms with Gasteiger partial charge in [0, 0.05) is 25.5 Å². The fraction of sp³-hybridized carbons (Fsp3) is 0.400. The quantitative estimate of drug-likeness (QED) is 0.716. The first-order chi connectivity index (χ1) is 8.72. The Morgan fingerprint density at radius 1 is 1.28 bits per heavy atom. The number of aliphatic hydroxyl groups is 1. The first kappa shape index (κ1) is 10.9. The smallest absolute Gasteiger partial charge is 0.241 e. The monoisotopic (exact) mass is 247 g/mol. The molecule has 0 saturated carbocycles. The molecular formula is C10H13N7O. The maximum Gasteiger partial charge on any atom is 0.241 e. The van der Waals surface area contributed by atoms with Crippen molar-refractivity contribution in [3.63, 3.8) is 0 Å². The molecule has 0 aliphatic carbocycles. The molecule has 8 heteroatoms. The fourth-order valence-corrected chi connectivity index (χ4v) is 1.93. The van der Waals surface area contributed by atoms with Crippen molar-refractivity contribution in [1.29, 1.82) is 0 Å². The number of nitrogen functional groups attached to an aromatic ring is 1. The summed E-state index contributed by atoms with van der Waals surface area (Å²) < 4.78 is 1.66. The molecule has 3 rings (SSSR count). The van der Waals surface area contributed by atoms with Crippen molar-refractivity contribution in [3.8, 4) is 5.95 Å². The summed E-state index contributed by atoms with van der Waals surface area (Å²) in [6.07, 6.45) is 5.35. The van der Waals surface area contributed by atoms with E-state index in [1.807, 2.05) is 4.90 Å². The third-order valence-corrected chi connectivity index (χ3v) is 2.81. The number of imidazole rings is 1. The Bertz CT molecular complexity index is 541. The van der Waals surface area contributed by atoms with Gasteiger partial charge in [0.15, 0.2) is 0 Å². The number of anilines is 2. The minimum absolute atomic E-state index is 0.157. The third-order valence-electron chi connectivity index (χ3n) is 2.81. The van der Waals surface area contributed by atoms with Gasteiger partial charge in [-0.2, -0.15) is 15.0 Å². The predicted octanol–water partition coefficient (Wildman–Crippen LogP) is -0.790. The van der Waals surface area contributed by atoms with Gasteiger partial charge in [-0.3, -0.25) is 4.57 Å². The summed E-state index contributed by atoms with van der Waals surface area (Å²) in [4.78, 5) is 18.3. The highest BCUT2D eigenvalue weighted by Gasteiger charge is 2.23. The normalized spacial score (nSPS) is 19.4. The first-order valence-corrected chi connectivity index (χ1v) is 5.65. The van der Waals surface area contributed by atoms with Gasteiger partial charge in [-0.1, -0.05) is 0 Å². The molecule has 1 fully saturated rings. The zero-order valence-corrected chi connectivity index (χ0v) is 9.64. The van der Waals surface area contributed by atoms with Crippen LogP contribution in [0.3, 0.4) is 0 Å². The molecule has 3 heterocycles. The summed E-state index contributed by atoms with van der Waals surface area (Å²) in [7, 11) is 0. The van der Waals surface area contributed by atoms with Crippen molar-refractivity contribution in [3.05, 3.63) is 18.7 Å². The van der Waals surface area contributed by atoms with Gasteiger partial charge in [-0.15, -0.1) is 0 Å². The summed E-state index contributed by atoms with van der Waals surface area (Å²) in [6.45, 7) is 1.24. The molecule has 0 amide bonds. The van der Waals surface area contributed by atoms with Crippen LogP contribution in [-0.2, 0) is 0 Å². The van der Waals surface area contributed by atoms with Crippen LogP contribution < -0.4 is 10.6 Å². The number of nitrogens with two attached hydrogens (primary N) is 1. The minimum Gasteiger partial charge on any atom is -0.391 e. The average molecular weight is 247 g/mol. The van der Waals surface area contributed by atoms with Crippen LogP contribution in [-0.4, -0.2) is 48.8 Å². The molecule has 0 radical (unpaired) electrons. The molecule has 18 heavy (non-hydrogen) atoms. The van der Waals surface area contributed by atoms with Crippen molar-refractivity contribution in [1.82, 2.24) is 24.5 Å². The van der Waals surface area contributed by atoms with Crippen LogP contribution in [0.15, 0.2) is 18.7 Å². The lowest BCUT2D eigenvalue weighted by molar-refractivity contribution is 0.198. The molecule has 2 aromatic heterocycles. The summed E-state index contributed by atoms with van der Waals surface area (Å²) >= 11 is 0. The molecule has 1 aliphatic rings. The Hall–Kier alpha value is -2.22. The van der Waals surface area contributed by atoms with Crippen LogP contribution in [0.4, 0.5) is 11.9 Å². The van der Waals surface area contributed by atoms with E-state index in [2.05, 4.69) is 19.9 Å². The Kier molecular flexibility index (Phi) is 2.56. The molecule has 1 saturated heterocycles. The van der Waals surface area contributed by atoms with Crippen molar-refractivity contribution >= 4 is 11.9 Å². The number of hydrogen-bond donors (Lipinski definition) is 2. The summed E-state index contributed by atoms with van der Waals surface area (Å²) in [5, 5.41) is 9.52. The molecule has 1 aliphatic heterocycles. The Morgan fingerprint density at radius 2 is 2.11 bits per heavy atom. The molecular weight excluding hydrogens is 234 g/mol. The lowest BCUT2D eigenvalue weighted by atomic mass is 10.3. The van der Waals surface area contributed by atoms with E-state index in [4.69, 9.17) is 5.73 Å². The largest absolute Gasteiger partial charge is 0.391 e. The topological polar surface area (TPSA) is 106 Å². The molecule has 1 atom stereocenters. The van der Waals surface area contributed by atoms with Crippen molar-refractivity contribution in [2.24, 2.45) is 0 Å². The first-order valence-electron chi connectivity index (χ1n) is 5.65. The molecule has 0 bridgehead atoms. The van der Waals surface area contributed by atoms with Gasteiger partial charge < -0.3 is 15.7 Å². The summed E-state index contributed by atoms with van der Waals surface area (Å²) in [5.41, 5.74) is 5.68. The highest BCUT2D eigenvalue weighted by molar-refractivity contribution is 5.39. The number of rotatable bonds is 2. The minimum atomic E-state index is -0.334. The van der Waals surface area contributed by atoms with E-state index in [0.717, 1.165) is 0 Å². The van der Waals surface area contributed by atoms with Crippen LogP contribution in [0.5, 0.6) is 0 Å². The van der Waals surface area contributed by atoms with E-state index >= 15 is 0 Å². The van der Waals surface area contributed by atoms with E-state index in [9.17, 15) is 5.11 Å². The van der Waals surface area contributed by atoms with E-state index in [1.165, 1.54) is 0 Å². The molecule has 0 spiro atoms. The Balaban J connectivity index is 1.96. The van der Waals surface area contributed by atoms with Gasteiger partial charge in [0.25, 0.3) is 0 Å². The molecule has 0 aromatic carbocycles. The lowest BCUT2D eigenvalue weighted by Crippen LogP contribution is -2.24. The third kappa shape index (κ3) is 1.97. The zero-order chi connectivity index (χ0) is 12.5. The van der Waals surface area contributed by atoms with E-state index in [1.54, 1.807) is 23.3 Å². The molecule has 94 valence electrons. The predicted molar refractivity (Wildman–Crippen MR) is 64.2 cm³/mol. The maximum absolute atomic E-state index is 9.52. The number of aromatic nitrogens is 5. The van der Waals surface area contributed by atoms with Gasteiger partial charge in [-0.05, 0) is 6.42 Å². The van der Waals surface area contributed by atoms with Crippen molar-refractivity contribution in [2.75, 3.05) is 23.7 Å². The van der Waals surface area contributed by atoms with Crippen LogP contribution in [0.25, 0.3) is 5.95 Å². The molecule has 2 aromatic rings. The van der Waals surface area contributed by atoms with E-state index < -0.39 is 0 Å². The molecule has 3 N–H and O–H groups in total. The number of hydrogen-bond acceptors (Lipinski definition) is 7. The summed E-state index contributed by atoms with van der Waals surface area (Å²) in [5.74, 6) is 1.07. The van der Waals surface area contributed by atoms with Crippen LogP contribution in [0, 0.1) is 0 Å². The van der Waals surface area contributed by atoms with Crippen LogP contribution >= 0.6 is 0 Å². The molecule has 8 nitrogen and oxygen atoms in total. The van der Waals surface area contributed by atoms with Gasteiger partial charge in [0.05, 0.1) is 6.10 Å². The highest BCUT2D eigenvalue weighted by Crippen LogP contribution is 2.17. The second kappa shape index (κ2) is 4.22. The van der Waals surface area contributed by atoms with Gasteiger partial charge in [-0.25, -0.2) is 4.98 Å². The van der Waals surface area contributed by atoms with Crippen molar-refractivity contribution in [2.45, 2.75) is 12.5 Å². The van der Waals surface area contributed by atoms with E-state index in [0.29, 0.717) is 31.4 Å². The maximum atomic E-state index is 9.52. The van der Waals surface area contributed by atoms with E-state index in [-0.39, 0.29) is 12.1 Å². The molecule has 1 unspecified atom stereocenters. The van der Waals surface area contributed by atoms with Gasteiger partial charge in [0.2, 0.25) is 17.8 Å². The van der Waals surface area contributed by atoms with Crippen LogP contribution in [0.1, 0.15) is 6.42 Å². The average Bonchev–Trinajstić information content (AvgIpc) is 2.98. The SMILES string of the molecule is Nc1nc(N2CCC(O)C2)nc(-n2ccnc2)n1. The summed E-state index contributed by atoms with van der Waals surface area (Å²) in [6, 6.07) is 0. The van der Waals surface area contributed by atoms with Crippen LogP contribution in [0.2, 0.25) is 0 Å². The fourth-order valence-electron chi connectivity index (χ4n) is 1.93. The zero-order valence-electron chi connectivity index (χ0n) is 9.64. The number of aliphatic hydroxyl groups excluding tert-OH is 1. The number of nitrogens with zero attached hydrogens (tertiary/aromatic N) is 6. The standard InChI is InChI=1S/C10H13N7O/c11-8-13-9(16-3-1-7(18)5-16)15-10(14-8)17-4-2-12-6-17/h2,4,6-7,18H,1,3,5H2,(H2,11,13,14,15). The Morgan fingerprint density at radius 3 is 2.78 bits per heavy atom.